The van der Waals surface area contributed by atoms with E-state index in [-0.39, 0.29) is 6.17 Å². The lowest BCUT2D eigenvalue weighted by Crippen LogP contribution is -2.31. The minimum Gasteiger partial charge on any atom is -0.496 e. The fraction of sp³-hybridized carbons (Fsp3) is 0.250. The summed E-state index contributed by atoms with van der Waals surface area (Å²) < 4.78 is 5.72. The van der Waals surface area contributed by atoms with Gasteiger partial charge in [-0.2, -0.15) is 0 Å². The maximum Gasteiger partial charge on any atom is 0.132 e. The number of ether oxygens (including phenoxy) is 1. The van der Waals surface area contributed by atoms with Crippen LogP contribution in [0.1, 0.15) is 22.9 Å². The first-order valence-electron chi connectivity index (χ1n) is 9.47. The van der Waals surface area contributed by atoms with Crippen molar-refractivity contribution < 1.29 is 4.74 Å². The minimum absolute atomic E-state index is 0.102. The first kappa shape index (κ1) is 17.5. The highest BCUT2D eigenvalue weighted by Crippen LogP contribution is 2.41. The highest BCUT2D eigenvalue weighted by Gasteiger charge is 2.35. The fourth-order valence-corrected chi connectivity index (χ4v) is 4.00. The lowest BCUT2D eigenvalue weighted by atomic mass is 10.1. The smallest absolute Gasteiger partial charge is 0.132 e. The molecule has 27 heavy (non-hydrogen) atoms. The van der Waals surface area contributed by atoms with E-state index in [2.05, 4.69) is 90.4 Å². The number of anilines is 2. The molecule has 0 bridgehead atoms. The summed E-state index contributed by atoms with van der Waals surface area (Å²) in [6.45, 7) is 6.24. The summed E-state index contributed by atoms with van der Waals surface area (Å²) >= 11 is 0. The number of aryl methyl sites for hydroxylation is 2. The lowest BCUT2D eigenvalue weighted by Gasteiger charge is -2.34. The van der Waals surface area contributed by atoms with Gasteiger partial charge in [0, 0.05) is 30.0 Å². The molecule has 0 aliphatic carbocycles. The molecular weight excluding hydrogens is 332 g/mol. The van der Waals surface area contributed by atoms with Crippen molar-refractivity contribution in [2.24, 2.45) is 0 Å². The van der Waals surface area contributed by atoms with Gasteiger partial charge in [-0.15, -0.1) is 0 Å². The molecule has 0 aromatic heterocycles. The first-order valence-corrected chi connectivity index (χ1v) is 9.47. The predicted octanol–water partition coefficient (Wildman–Crippen LogP) is 5.34. The second kappa shape index (κ2) is 7.36. The van der Waals surface area contributed by atoms with E-state index in [4.69, 9.17) is 4.74 Å². The third-order valence-electron chi connectivity index (χ3n) is 5.26. The Morgan fingerprint density at radius 1 is 0.741 bits per heavy atom. The molecule has 3 heteroatoms. The van der Waals surface area contributed by atoms with Crippen LogP contribution in [0.25, 0.3) is 0 Å². The number of rotatable bonds is 4. The van der Waals surface area contributed by atoms with E-state index in [1.807, 2.05) is 6.07 Å². The van der Waals surface area contributed by atoms with Gasteiger partial charge < -0.3 is 14.5 Å². The Balaban J connectivity index is 1.83. The van der Waals surface area contributed by atoms with Crippen LogP contribution < -0.4 is 14.5 Å². The average molecular weight is 358 g/mol. The van der Waals surface area contributed by atoms with Crippen LogP contribution in [0.3, 0.4) is 0 Å². The molecule has 3 nitrogen and oxygen atoms in total. The van der Waals surface area contributed by atoms with Crippen molar-refractivity contribution in [1.29, 1.82) is 0 Å². The summed E-state index contributed by atoms with van der Waals surface area (Å²) in [7, 11) is 1.75. The Kier molecular flexibility index (Phi) is 4.76. The summed E-state index contributed by atoms with van der Waals surface area (Å²) in [4.78, 5) is 4.96. The second-order valence-electron chi connectivity index (χ2n) is 7.18. The predicted molar refractivity (Wildman–Crippen MR) is 113 cm³/mol. The van der Waals surface area contributed by atoms with Gasteiger partial charge in [-0.05, 0) is 55.3 Å². The molecule has 0 saturated carbocycles. The van der Waals surface area contributed by atoms with Gasteiger partial charge in [0.1, 0.15) is 11.9 Å². The minimum atomic E-state index is 0.102. The van der Waals surface area contributed by atoms with Crippen LogP contribution >= 0.6 is 0 Å². The highest BCUT2D eigenvalue weighted by atomic mass is 16.5. The van der Waals surface area contributed by atoms with Crippen molar-refractivity contribution in [3.05, 3.63) is 89.5 Å². The van der Waals surface area contributed by atoms with Gasteiger partial charge in [-0.25, -0.2) is 0 Å². The van der Waals surface area contributed by atoms with Crippen LogP contribution in [0.5, 0.6) is 5.75 Å². The van der Waals surface area contributed by atoms with Gasteiger partial charge in [0.05, 0.1) is 7.11 Å². The average Bonchev–Trinajstić information content (AvgIpc) is 3.13. The largest absolute Gasteiger partial charge is 0.496 e. The zero-order valence-corrected chi connectivity index (χ0v) is 16.2. The number of hydrogen-bond acceptors (Lipinski definition) is 3. The Bertz CT molecular complexity index is 883. The molecule has 4 rings (SSSR count). The van der Waals surface area contributed by atoms with Crippen molar-refractivity contribution in [1.82, 2.24) is 0 Å². The molecule has 0 unspecified atom stereocenters. The number of hydrogen-bond donors (Lipinski definition) is 0. The van der Waals surface area contributed by atoms with Crippen molar-refractivity contribution in [2.75, 3.05) is 30.0 Å². The van der Waals surface area contributed by atoms with Crippen LogP contribution in [-0.4, -0.2) is 20.2 Å². The van der Waals surface area contributed by atoms with Gasteiger partial charge in [-0.1, -0.05) is 42.5 Å². The van der Waals surface area contributed by atoms with Gasteiger partial charge in [0.25, 0.3) is 0 Å². The molecule has 0 amide bonds. The molecule has 3 aromatic carbocycles. The summed E-state index contributed by atoms with van der Waals surface area (Å²) in [6, 6.07) is 25.9. The number of methoxy groups -OCH3 is 1. The summed E-state index contributed by atoms with van der Waals surface area (Å²) in [5.74, 6) is 0.930. The molecule has 0 radical (unpaired) electrons. The fourth-order valence-electron chi connectivity index (χ4n) is 4.00. The first-order chi connectivity index (χ1) is 13.2. The monoisotopic (exact) mass is 358 g/mol. The summed E-state index contributed by atoms with van der Waals surface area (Å²) in [6.07, 6.45) is 0.102. The molecule has 1 heterocycles. The molecule has 138 valence electrons. The molecule has 0 atom stereocenters. The standard InChI is InChI=1S/C24H26N2O/c1-18-8-6-10-20(16-18)25-14-15-26(21-11-7-9-19(2)17-21)24(25)22-12-4-5-13-23(22)27-3/h4-13,16-17,24H,14-15H2,1-3H3. The van der Waals surface area contributed by atoms with E-state index in [1.165, 1.54) is 28.1 Å². The SMILES string of the molecule is COc1ccccc1C1N(c2cccc(C)c2)CCN1c1cccc(C)c1. The number of nitrogens with zero attached hydrogens (tertiary/aromatic N) is 2. The van der Waals surface area contributed by atoms with Crippen LogP contribution in [0, 0.1) is 13.8 Å². The molecule has 1 aliphatic heterocycles. The summed E-state index contributed by atoms with van der Waals surface area (Å²) in [5, 5.41) is 0. The van der Waals surface area contributed by atoms with Crippen molar-refractivity contribution in [2.45, 2.75) is 20.0 Å². The molecule has 0 spiro atoms. The van der Waals surface area contributed by atoms with Gasteiger partial charge in [-0.3, -0.25) is 0 Å². The molecular formula is C24H26N2O. The van der Waals surface area contributed by atoms with E-state index in [0.717, 1.165) is 18.8 Å². The van der Waals surface area contributed by atoms with Gasteiger partial charge >= 0.3 is 0 Å². The maximum atomic E-state index is 5.72. The van der Waals surface area contributed by atoms with Gasteiger partial charge in [0.15, 0.2) is 0 Å². The van der Waals surface area contributed by atoms with Crippen LogP contribution in [0.4, 0.5) is 11.4 Å². The zero-order chi connectivity index (χ0) is 18.8. The Morgan fingerprint density at radius 3 is 1.81 bits per heavy atom. The molecule has 0 N–H and O–H groups in total. The lowest BCUT2D eigenvalue weighted by molar-refractivity contribution is 0.405. The van der Waals surface area contributed by atoms with E-state index < -0.39 is 0 Å². The topological polar surface area (TPSA) is 15.7 Å². The van der Waals surface area contributed by atoms with Crippen LogP contribution in [0.15, 0.2) is 72.8 Å². The zero-order valence-electron chi connectivity index (χ0n) is 16.2. The van der Waals surface area contributed by atoms with E-state index in [9.17, 15) is 0 Å². The van der Waals surface area contributed by atoms with E-state index >= 15 is 0 Å². The van der Waals surface area contributed by atoms with Crippen molar-refractivity contribution >= 4 is 11.4 Å². The number of para-hydroxylation sites is 1. The quantitative estimate of drug-likeness (QED) is 0.626. The maximum absolute atomic E-state index is 5.72. The van der Waals surface area contributed by atoms with Crippen LogP contribution in [-0.2, 0) is 0 Å². The highest BCUT2D eigenvalue weighted by molar-refractivity contribution is 5.61. The van der Waals surface area contributed by atoms with Crippen LogP contribution in [0.2, 0.25) is 0 Å². The van der Waals surface area contributed by atoms with Gasteiger partial charge in [0.2, 0.25) is 0 Å². The Labute approximate surface area is 161 Å². The molecule has 1 fully saturated rings. The molecule has 3 aromatic rings. The summed E-state index contributed by atoms with van der Waals surface area (Å²) in [5.41, 5.74) is 6.25. The Hall–Kier alpha value is -2.94. The van der Waals surface area contributed by atoms with Crippen molar-refractivity contribution in [3.63, 3.8) is 0 Å². The van der Waals surface area contributed by atoms with E-state index in [0.29, 0.717) is 0 Å². The Morgan fingerprint density at radius 2 is 1.30 bits per heavy atom. The van der Waals surface area contributed by atoms with E-state index in [1.54, 1.807) is 7.11 Å². The third-order valence-corrected chi connectivity index (χ3v) is 5.26. The molecule has 1 saturated heterocycles. The van der Waals surface area contributed by atoms with Crippen molar-refractivity contribution in [3.8, 4) is 5.75 Å². The third kappa shape index (κ3) is 3.37. The second-order valence-corrected chi connectivity index (χ2v) is 7.18. The molecule has 1 aliphatic rings. The number of benzene rings is 3. The normalized spacial score (nSPS) is 14.6.